The first-order valence-corrected chi connectivity index (χ1v) is 4.06. The summed E-state index contributed by atoms with van der Waals surface area (Å²) in [5.74, 6) is 1.40. The number of aryl methyl sites for hydroxylation is 1. The molecule has 0 fully saturated rings. The van der Waals surface area contributed by atoms with E-state index in [0.29, 0.717) is 12.2 Å². The van der Waals surface area contributed by atoms with Crippen LogP contribution in [0.3, 0.4) is 0 Å². The molecule has 0 radical (unpaired) electrons. The number of hydrogen-bond donors (Lipinski definition) is 1. The van der Waals surface area contributed by atoms with Crippen LogP contribution in [0, 0.1) is 6.92 Å². The topological polar surface area (TPSA) is 58.6 Å². The molecule has 0 aliphatic heterocycles. The Kier molecular flexibility index (Phi) is 4.92. The number of carbonyl (C=O) groups is 1. The van der Waals surface area contributed by atoms with Gasteiger partial charge in [-0.05, 0) is 13.8 Å². The number of Topliss-reactive ketones (excluding diaryl/α,β-unsaturated/α-hetero) is 1. The Labute approximate surface area is 73.9 Å². The number of hydrogen-bond acceptors (Lipinski definition) is 3. The van der Waals surface area contributed by atoms with E-state index in [-0.39, 0.29) is 7.21 Å². The molecule has 0 bridgehead atoms. The predicted octanol–water partition coefficient (Wildman–Crippen LogP) is 1.52. The van der Waals surface area contributed by atoms with Gasteiger partial charge in [0.05, 0.1) is 6.42 Å². The van der Waals surface area contributed by atoms with Crippen molar-refractivity contribution in [3.8, 4) is 0 Å². The van der Waals surface area contributed by atoms with E-state index in [4.69, 9.17) is 0 Å². The summed E-state index contributed by atoms with van der Waals surface area (Å²) in [6.45, 7) is 7.32. The first kappa shape index (κ1) is 10.8. The summed E-state index contributed by atoms with van der Waals surface area (Å²) in [6.07, 6.45) is 0.324. The minimum absolute atomic E-state index is 0. The van der Waals surface area contributed by atoms with Crippen LogP contribution in [0.1, 0.15) is 33.8 Å². The molecule has 0 unspecified atom stereocenters. The molecule has 0 spiro atoms. The molecule has 0 saturated heterocycles. The fourth-order valence-corrected chi connectivity index (χ4v) is 0.691. The van der Waals surface area contributed by atoms with Crippen LogP contribution in [0.25, 0.3) is 0 Å². The molecule has 1 aromatic heterocycles. The zero-order valence-electron chi connectivity index (χ0n) is 8.01. The molecule has 4 heteroatoms. The van der Waals surface area contributed by atoms with E-state index in [2.05, 4.69) is 15.2 Å². The van der Waals surface area contributed by atoms with Gasteiger partial charge in [-0.3, -0.25) is 9.89 Å². The van der Waals surface area contributed by atoms with Crippen molar-refractivity contribution in [2.24, 2.45) is 0 Å². The van der Waals surface area contributed by atoms with Crippen LogP contribution in [0.5, 0.6) is 0 Å². The maximum atomic E-state index is 10.5. The summed E-state index contributed by atoms with van der Waals surface area (Å²) in [5.41, 5.74) is 0. The first-order chi connectivity index (χ1) is 5.68. The van der Waals surface area contributed by atoms with Gasteiger partial charge >= 0.3 is 0 Å². The Hall–Kier alpha value is -1.19. The molecule has 0 aliphatic rings. The van der Waals surface area contributed by atoms with Gasteiger partial charge in [-0.2, -0.15) is 5.10 Å². The van der Waals surface area contributed by atoms with Crippen LogP contribution in [0.4, 0.5) is 0 Å². The van der Waals surface area contributed by atoms with Crippen molar-refractivity contribution in [3.63, 3.8) is 0 Å². The van der Waals surface area contributed by atoms with Gasteiger partial charge in [0.1, 0.15) is 11.6 Å². The number of rotatable bonds is 2. The number of carbonyl (C=O) groups excluding carboxylic acids is 1. The molecule has 1 N–H and O–H groups in total. The van der Waals surface area contributed by atoms with Crippen molar-refractivity contribution in [2.75, 3.05) is 0 Å². The molecule has 0 aliphatic carbocycles. The van der Waals surface area contributed by atoms with E-state index in [1.165, 1.54) is 6.92 Å². The van der Waals surface area contributed by atoms with E-state index in [9.17, 15) is 4.79 Å². The van der Waals surface area contributed by atoms with Crippen molar-refractivity contribution in [1.82, 2.24) is 15.2 Å². The fraction of sp³-hybridized carbons (Fsp3) is 0.625. The molecular weight excluding hydrogens is 154 g/mol. The van der Waals surface area contributed by atoms with Crippen molar-refractivity contribution < 1.29 is 6.22 Å². The Morgan fingerprint density at radius 1 is 1.58 bits per heavy atom. The summed E-state index contributed by atoms with van der Waals surface area (Å²) >= 11 is 0. The summed E-state index contributed by atoms with van der Waals surface area (Å²) in [5, 5.41) is 6.46. The van der Waals surface area contributed by atoms with E-state index < -0.39 is 0 Å². The van der Waals surface area contributed by atoms with Crippen LogP contribution in [0.15, 0.2) is 0 Å². The quantitative estimate of drug-likeness (QED) is 0.733. The zero-order valence-corrected chi connectivity index (χ0v) is 8.01. The molecule has 0 amide bonds. The van der Waals surface area contributed by atoms with Crippen LogP contribution in [-0.2, 0) is 11.2 Å². The summed E-state index contributed by atoms with van der Waals surface area (Å²) in [4.78, 5) is 14.5. The van der Waals surface area contributed by atoms with Gasteiger partial charge in [0, 0.05) is 1.43 Å². The van der Waals surface area contributed by atoms with Gasteiger partial charge < -0.3 is 0 Å². The monoisotopic (exact) mass is 171 g/mol. The van der Waals surface area contributed by atoms with Gasteiger partial charge in [0.25, 0.3) is 0 Å². The van der Waals surface area contributed by atoms with Gasteiger partial charge in [-0.25, -0.2) is 4.98 Å². The van der Waals surface area contributed by atoms with E-state index in [1.807, 2.05) is 13.8 Å². The molecule has 0 saturated carbocycles. The number of nitrogens with one attached hydrogen (secondary N) is 1. The second-order valence-corrected chi connectivity index (χ2v) is 2.22. The summed E-state index contributed by atoms with van der Waals surface area (Å²) < 4.78 is 0. The number of aromatic amines is 1. The third-order valence-electron chi connectivity index (χ3n) is 1.05. The number of H-pyrrole nitrogens is 1. The molecule has 12 heavy (non-hydrogen) atoms. The van der Waals surface area contributed by atoms with E-state index in [1.54, 1.807) is 6.92 Å². The molecular formula is C8H17N3O. The standard InChI is InChI=1S/C6H9N3O.C2H6.H2/c1-4(10)3-6-7-5(2)8-9-6;1-2;/h3H2,1-2H3,(H,7,8,9);1-2H3;1H. The Morgan fingerprint density at radius 3 is 2.50 bits per heavy atom. The van der Waals surface area contributed by atoms with Crippen molar-refractivity contribution in [2.45, 2.75) is 34.1 Å². The highest BCUT2D eigenvalue weighted by Crippen LogP contribution is 1.91. The lowest BCUT2D eigenvalue weighted by atomic mass is 10.3. The largest absolute Gasteiger partial charge is 0.300 e. The van der Waals surface area contributed by atoms with Crippen LogP contribution in [0.2, 0.25) is 0 Å². The minimum atomic E-state index is 0. The smallest absolute Gasteiger partial charge is 0.158 e. The third-order valence-corrected chi connectivity index (χ3v) is 1.05. The predicted molar refractivity (Wildman–Crippen MR) is 49.0 cm³/mol. The normalized spacial score (nSPS) is 8.67. The minimum Gasteiger partial charge on any atom is -0.300 e. The summed E-state index contributed by atoms with van der Waals surface area (Å²) in [6, 6.07) is 0. The van der Waals surface area contributed by atoms with Gasteiger partial charge in [0.2, 0.25) is 0 Å². The highest BCUT2D eigenvalue weighted by atomic mass is 16.1. The highest BCUT2D eigenvalue weighted by molar-refractivity contribution is 5.77. The first-order valence-electron chi connectivity index (χ1n) is 4.06. The van der Waals surface area contributed by atoms with Gasteiger partial charge in [-0.15, -0.1) is 0 Å². The second-order valence-electron chi connectivity index (χ2n) is 2.22. The lowest BCUT2D eigenvalue weighted by Gasteiger charge is -1.83. The number of ketones is 1. The van der Waals surface area contributed by atoms with Crippen molar-refractivity contribution in [1.29, 1.82) is 0 Å². The molecule has 1 heterocycles. The molecule has 0 aromatic carbocycles. The third kappa shape index (κ3) is 3.85. The number of nitrogens with zero attached hydrogens (tertiary/aromatic N) is 2. The van der Waals surface area contributed by atoms with Gasteiger partial charge in [0.15, 0.2) is 5.82 Å². The molecule has 4 nitrogen and oxygen atoms in total. The summed E-state index contributed by atoms with van der Waals surface area (Å²) in [7, 11) is 0. The Bertz CT molecular complexity index is 247. The Balaban J connectivity index is 0. The van der Waals surface area contributed by atoms with Crippen LogP contribution < -0.4 is 0 Å². The van der Waals surface area contributed by atoms with Gasteiger partial charge in [-0.1, -0.05) is 13.8 Å². The maximum absolute atomic E-state index is 10.5. The number of aromatic nitrogens is 3. The van der Waals surface area contributed by atoms with Crippen molar-refractivity contribution >= 4 is 5.78 Å². The molecule has 1 aromatic rings. The van der Waals surface area contributed by atoms with Crippen molar-refractivity contribution in [3.05, 3.63) is 11.6 Å². The highest BCUT2D eigenvalue weighted by Gasteiger charge is 2.01. The fourth-order valence-electron chi connectivity index (χ4n) is 0.691. The maximum Gasteiger partial charge on any atom is 0.158 e. The van der Waals surface area contributed by atoms with E-state index >= 15 is 0 Å². The molecule has 0 atom stereocenters. The average molecular weight is 171 g/mol. The lowest BCUT2D eigenvalue weighted by molar-refractivity contribution is -0.116. The van der Waals surface area contributed by atoms with Crippen LogP contribution >= 0.6 is 0 Å². The zero-order chi connectivity index (χ0) is 9.56. The van der Waals surface area contributed by atoms with Crippen LogP contribution in [-0.4, -0.2) is 21.0 Å². The SMILES string of the molecule is CC.CC(=O)Cc1n[nH]c(C)n1.[HH]. The molecule has 70 valence electrons. The van der Waals surface area contributed by atoms with E-state index in [0.717, 1.165) is 5.82 Å². The Morgan fingerprint density at radius 2 is 2.17 bits per heavy atom. The lowest BCUT2D eigenvalue weighted by Crippen LogP contribution is -1.97. The average Bonchev–Trinajstić information content (AvgIpc) is 2.39. The molecule has 1 rings (SSSR count). The second kappa shape index (κ2) is 5.46.